The predicted molar refractivity (Wildman–Crippen MR) is 69.1 cm³/mol. The van der Waals surface area contributed by atoms with Gasteiger partial charge in [-0.25, -0.2) is 0 Å². The lowest BCUT2D eigenvalue weighted by Crippen LogP contribution is -2.24. The van der Waals surface area contributed by atoms with Gasteiger partial charge in [-0.3, -0.25) is 0 Å². The third-order valence-electron chi connectivity index (χ3n) is 3.75. The molecule has 0 bridgehead atoms. The number of nitrogens with one attached hydrogen (secondary N) is 1. The zero-order valence-electron chi connectivity index (χ0n) is 11.3. The molecule has 0 spiro atoms. The highest BCUT2D eigenvalue weighted by atomic mass is 16.6. The van der Waals surface area contributed by atoms with Crippen LogP contribution < -0.4 is 5.32 Å². The number of hydrogen-bond acceptors (Lipinski definition) is 3. The smallest absolute Gasteiger partial charge is 0.0933 e. The summed E-state index contributed by atoms with van der Waals surface area (Å²) in [5.74, 6) is 2.03. The lowest BCUT2D eigenvalue weighted by Gasteiger charge is -2.22. The van der Waals surface area contributed by atoms with Crippen molar-refractivity contribution < 1.29 is 9.47 Å². The van der Waals surface area contributed by atoms with Gasteiger partial charge >= 0.3 is 0 Å². The van der Waals surface area contributed by atoms with Crippen molar-refractivity contribution in [3.63, 3.8) is 0 Å². The molecule has 3 nitrogen and oxygen atoms in total. The van der Waals surface area contributed by atoms with E-state index in [2.05, 4.69) is 19.2 Å². The van der Waals surface area contributed by atoms with Crippen molar-refractivity contribution in [1.29, 1.82) is 0 Å². The lowest BCUT2D eigenvalue weighted by atomic mass is 9.84. The van der Waals surface area contributed by atoms with Crippen molar-refractivity contribution in [1.82, 2.24) is 5.32 Å². The van der Waals surface area contributed by atoms with Gasteiger partial charge in [0.15, 0.2) is 0 Å². The Balaban J connectivity index is 0.000000128. The van der Waals surface area contributed by atoms with Crippen LogP contribution >= 0.6 is 0 Å². The molecule has 0 aromatic rings. The number of ether oxygens (including phenoxy) is 2. The maximum Gasteiger partial charge on any atom is 0.0933 e. The summed E-state index contributed by atoms with van der Waals surface area (Å²) in [5.41, 5.74) is 0. The summed E-state index contributed by atoms with van der Waals surface area (Å²) in [6, 6.07) is 0. The van der Waals surface area contributed by atoms with Gasteiger partial charge in [-0.2, -0.15) is 0 Å². The van der Waals surface area contributed by atoms with Crippen molar-refractivity contribution in [3.8, 4) is 0 Å². The van der Waals surface area contributed by atoms with Gasteiger partial charge in [0, 0.05) is 13.1 Å². The molecule has 2 heterocycles. The van der Waals surface area contributed by atoms with Crippen LogP contribution in [0.15, 0.2) is 0 Å². The number of rotatable bonds is 4. The monoisotopic (exact) mass is 241 g/mol. The minimum Gasteiger partial charge on any atom is -0.372 e. The van der Waals surface area contributed by atoms with Crippen LogP contribution in [0.4, 0.5) is 0 Å². The fourth-order valence-corrected chi connectivity index (χ4v) is 2.51. The normalized spacial score (nSPS) is 39.2. The molecule has 3 heteroatoms. The van der Waals surface area contributed by atoms with Crippen molar-refractivity contribution >= 4 is 0 Å². The maximum atomic E-state index is 5.01. The van der Waals surface area contributed by atoms with Gasteiger partial charge < -0.3 is 14.8 Å². The number of epoxide rings is 2. The Morgan fingerprint density at radius 1 is 0.941 bits per heavy atom. The van der Waals surface area contributed by atoms with Crippen LogP contribution in [-0.4, -0.2) is 38.5 Å². The Kier molecular flexibility index (Phi) is 5.26. The van der Waals surface area contributed by atoms with E-state index in [1.807, 2.05) is 0 Å². The third-order valence-corrected chi connectivity index (χ3v) is 3.75. The Hall–Kier alpha value is -0.120. The summed E-state index contributed by atoms with van der Waals surface area (Å²) < 4.78 is 10.0. The maximum absolute atomic E-state index is 5.01. The molecule has 0 radical (unpaired) electrons. The molecule has 0 amide bonds. The van der Waals surface area contributed by atoms with Crippen molar-refractivity contribution in [2.75, 3.05) is 26.3 Å². The van der Waals surface area contributed by atoms with Crippen LogP contribution in [0.25, 0.3) is 0 Å². The van der Waals surface area contributed by atoms with Crippen LogP contribution in [0.1, 0.15) is 39.5 Å². The average molecular weight is 241 g/mol. The fourth-order valence-electron chi connectivity index (χ4n) is 2.51. The van der Waals surface area contributed by atoms with Gasteiger partial charge in [-0.1, -0.05) is 33.1 Å². The molecular weight excluding hydrogens is 214 g/mol. The van der Waals surface area contributed by atoms with Gasteiger partial charge in [0.2, 0.25) is 0 Å². The minimum absolute atomic E-state index is 0.503. The lowest BCUT2D eigenvalue weighted by molar-refractivity contribution is 0.301. The first kappa shape index (κ1) is 13.3. The molecule has 1 saturated carbocycles. The predicted octanol–water partition coefficient (Wildman–Crippen LogP) is 2.21. The van der Waals surface area contributed by atoms with Gasteiger partial charge in [-0.05, 0) is 18.3 Å². The van der Waals surface area contributed by atoms with Crippen LogP contribution in [0.3, 0.4) is 0 Å². The summed E-state index contributed by atoms with van der Waals surface area (Å²) in [7, 11) is 0. The summed E-state index contributed by atoms with van der Waals surface area (Å²) >= 11 is 0. The Morgan fingerprint density at radius 2 is 1.41 bits per heavy atom. The highest BCUT2D eigenvalue weighted by Gasteiger charge is 2.25. The van der Waals surface area contributed by atoms with Crippen molar-refractivity contribution in [3.05, 3.63) is 0 Å². The van der Waals surface area contributed by atoms with E-state index >= 15 is 0 Å². The Morgan fingerprint density at radius 3 is 1.71 bits per heavy atom. The topological polar surface area (TPSA) is 37.1 Å². The molecule has 1 N–H and O–H groups in total. The summed E-state index contributed by atoms with van der Waals surface area (Å²) in [5, 5.41) is 3.26. The number of hydrogen-bond donors (Lipinski definition) is 1. The molecule has 1 aliphatic carbocycles. The molecule has 4 unspecified atom stereocenters. The first-order valence-corrected chi connectivity index (χ1v) is 7.18. The molecule has 3 fully saturated rings. The van der Waals surface area contributed by atoms with Crippen LogP contribution in [0.2, 0.25) is 0 Å². The first-order chi connectivity index (χ1) is 8.24. The van der Waals surface area contributed by atoms with Gasteiger partial charge in [-0.15, -0.1) is 0 Å². The fraction of sp³-hybridized carbons (Fsp3) is 1.00. The van der Waals surface area contributed by atoms with Crippen LogP contribution in [-0.2, 0) is 9.47 Å². The molecular formula is C14H27NO2. The minimum atomic E-state index is 0.503. The van der Waals surface area contributed by atoms with E-state index in [0.29, 0.717) is 12.2 Å². The largest absolute Gasteiger partial charge is 0.372 e. The standard InChI is InChI=1S/C8H16.C6H11NO2/c1-7-4-3-5-8(2)6-7;1(5-3-8-5)7-2-6-4-9-6/h7-8H,3-6H2,1-2H3;5-7H,1-4H2. The highest BCUT2D eigenvalue weighted by molar-refractivity contribution is 4.76. The molecule has 0 aromatic heterocycles. The Labute approximate surface area is 105 Å². The van der Waals surface area contributed by atoms with Gasteiger partial charge in [0.25, 0.3) is 0 Å². The second kappa shape index (κ2) is 6.72. The zero-order chi connectivity index (χ0) is 12.1. The Bertz CT molecular complexity index is 194. The van der Waals surface area contributed by atoms with E-state index in [-0.39, 0.29) is 0 Å². The summed E-state index contributed by atoms with van der Waals surface area (Å²) in [6.45, 7) is 8.63. The van der Waals surface area contributed by atoms with Crippen LogP contribution in [0, 0.1) is 11.8 Å². The second-order valence-corrected chi connectivity index (χ2v) is 5.95. The van der Waals surface area contributed by atoms with E-state index in [1.54, 1.807) is 0 Å². The van der Waals surface area contributed by atoms with Crippen LogP contribution in [0.5, 0.6) is 0 Å². The molecule has 0 aromatic carbocycles. The molecule has 17 heavy (non-hydrogen) atoms. The molecule has 2 saturated heterocycles. The zero-order valence-corrected chi connectivity index (χ0v) is 11.3. The van der Waals surface area contributed by atoms with E-state index < -0.39 is 0 Å². The van der Waals surface area contributed by atoms with E-state index in [1.165, 1.54) is 25.7 Å². The van der Waals surface area contributed by atoms with E-state index in [0.717, 1.165) is 38.1 Å². The quantitative estimate of drug-likeness (QED) is 0.767. The summed E-state index contributed by atoms with van der Waals surface area (Å²) in [6.07, 6.45) is 6.91. The SMILES string of the molecule is C(NCC1CO1)C1CO1.CC1CCCC(C)C1. The van der Waals surface area contributed by atoms with Crippen molar-refractivity contribution in [2.45, 2.75) is 51.7 Å². The molecule has 2 aliphatic heterocycles. The summed E-state index contributed by atoms with van der Waals surface area (Å²) in [4.78, 5) is 0. The molecule has 3 rings (SSSR count). The molecule has 4 atom stereocenters. The highest BCUT2D eigenvalue weighted by Crippen LogP contribution is 2.27. The molecule has 100 valence electrons. The van der Waals surface area contributed by atoms with Crippen molar-refractivity contribution in [2.24, 2.45) is 11.8 Å². The second-order valence-electron chi connectivity index (χ2n) is 5.95. The van der Waals surface area contributed by atoms with E-state index in [9.17, 15) is 0 Å². The first-order valence-electron chi connectivity index (χ1n) is 7.18. The van der Waals surface area contributed by atoms with Gasteiger partial charge in [0.1, 0.15) is 0 Å². The van der Waals surface area contributed by atoms with E-state index in [4.69, 9.17) is 9.47 Å². The molecule has 3 aliphatic rings. The average Bonchev–Trinajstić information content (AvgIpc) is 3.13. The third kappa shape index (κ3) is 6.39. The van der Waals surface area contributed by atoms with Gasteiger partial charge in [0.05, 0.1) is 25.4 Å².